The first-order chi connectivity index (χ1) is 11.0. The van der Waals surface area contributed by atoms with Gasteiger partial charge in [0.1, 0.15) is 18.2 Å². The van der Waals surface area contributed by atoms with Gasteiger partial charge in [0, 0.05) is 6.07 Å². The highest BCUT2D eigenvalue weighted by Gasteiger charge is 2.07. The van der Waals surface area contributed by atoms with E-state index < -0.39 is 17.5 Å². The van der Waals surface area contributed by atoms with Crippen LogP contribution in [0.15, 0.2) is 42.5 Å². The van der Waals surface area contributed by atoms with E-state index in [0.29, 0.717) is 19.2 Å². The summed E-state index contributed by atoms with van der Waals surface area (Å²) >= 11 is 0. The Labute approximate surface area is 133 Å². The summed E-state index contributed by atoms with van der Waals surface area (Å²) in [4.78, 5) is 11.6. The van der Waals surface area contributed by atoms with Gasteiger partial charge in [0.2, 0.25) is 0 Å². The molecule has 0 heterocycles. The number of rotatable bonds is 7. The summed E-state index contributed by atoms with van der Waals surface area (Å²) in [5.41, 5.74) is 1.14. The number of aryl methyl sites for hydroxylation is 1. The maximum Gasteiger partial charge on any atom is 0.258 e. The fraction of sp³-hybridized carbons (Fsp3) is 0.235. The quantitative estimate of drug-likeness (QED) is 0.798. The van der Waals surface area contributed by atoms with Crippen LogP contribution in [0.3, 0.4) is 0 Å². The Balaban J connectivity index is 1.66. The molecule has 6 heteroatoms. The highest BCUT2D eigenvalue weighted by molar-refractivity contribution is 5.77. The monoisotopic (exact) mass is 321 g/mol. The van der Waals surface area contributed by atoms with Crippen molar-refractivity contribution in [1.82, 2.24) is 5.32 Å². The zero-order valence-corrected chi connectivity index (χ0v) is 12.6. The average Bonchev–Trinajstić information content (AvgIpc) is 2.52. The van der Waals surface area contributed by atoms with E-state index in [4.69, 9.17) is 9.47 Å². The summed E-state index contributed by atoms with van der Waals surface area (Å²) in [5.74, 6) is -1.42. The molecule has 2 rings (SSSR count). The molecule has 0 saturated heterocycles. The SMILES string of the molecule is Cc1ccc(OCCNC(=O)COc2ccc(F)cc2F)cc1. The minimum Gasteiger partial charge on any atom is -0.492 e. The number of hydrogen-bond acceptors (Lipinski definition) is 3. The molecular weight excluding hydrogens is 304 g/mol. The topological polar surface area (TPSA) is 47.6 Å². The van der Waals surface area contributed by atoms with Gasteiger partial charge in [-0.1, -0.05) is 17.7 Å². The molecule has 0 aromatic heterocycles. The highest BCUT2D eigenvalue weighted by Crippen LogP contribution is 2.17. The molecule has 4 nitrogen and oxygen atoms in total. The minimum absolute atomic E-state index is 0.169. The van der Waals surface area contributed by atoms with Crippen LogP contribution in [0.25, 0.3) is 0 Å². The van der Waals surface area contributed by atoms with E-state index in [1.54, 1.807) is 0 Å². The number of hydrogen-bond donors (Lipinski definition) is 1. The second-order valence-corrected chi connectivity index (χ2v) is 4.87. The summed E-state index contributed by atoms with van der Waals surface area (Å²) in [7, 11) is 0. The molecule has 0 unspecified atom stereocenters. The fourth-order valence-corrected chi connectivity index (χ4v) is 1.78. The van der Waals surface area contributed by atoms with Gasteiger partial charge in [0.05, 0.1) is 6.54 Å². The van der Waals surface area contributed by atoms with Gasteiger partial charge in [-0.3, -0.25) is 4.79 Å². The van der Waals surface area contributed by atoms with Crippen molar-refractivity contribution < 1.29 is 23.0 Å². The Morgan fingerprint density at radius 3 is 2.52 bits per heavy atom. The van der Waals surface area contributed by atoms with Gasteiger partial charge in [-0.25, -0.2) is 8.78 Å². The van der Waals surface area contributed by atoms with E-state index in [0.717, 1.165) is 23.4 Å². The Hall–Kier alpha value is -2.63. The summed E-state index contributed by atoms with van der Waals surface area (Å²) in [6.07, 6.45) is 0. The van der Waals surface area contributed by atoms with Gasteiger partial charge in [-0.15, -0.1) is 0 Å². The number of carbonyl (C=O) groups excluding carboxylic acids is 1. The maximum atomic E-state index is 13.3. The normalized spacial score (nSPS) is 10.2. The molecule has 0 radical (unpaired) electrons. The molecule has 2 aromatic carbocycles. The Morgan fingerprint density at radius 2 is 1.83 bits per heavy atom. The number of carbonyl (C=O) groups is 1. The van der Waals surface area contributed by atoms with Crippen molar-refractivity contribution in [3.63, 3.8) is 0 Å². The molecule has 0 aliphatic rings. The van der Waals surface area contributed by atoms with Crippen molar-refractivity contribution in [3.05, 3.63) is 59.7 Å². The van der Waals surface area contributed by atoms with Crippen molar-refractivity contribution in [2.75, 3.05) is 19.8 Å². The largest absolute Gasteiger partial charge is 0.492 e. The van der Waals surface area contributed by atoms with Crippen LogP contribution >= 0.6 is 0 Å². The molecule has 23 heavy (non-hydrogen) atoms. The first kappa shape index (κ1) is 16.7. The third-order valence-corrected chi connectivity index (χ3v) is 2.97. The first-order valence-electron chi connectivity index (χ1n) is 7.08. The van der Waals surface area contributed by atoms with Crippen LogP contribution in [0.2, 0.25) is 0 Å². The van der Waals surface area contributed by atoms with E-state index in [-0.39, 0.29) is 12.4 Å². The van der Waals surface area contributed by atoms with Crippen LogP contribution in [0.1, 0.15) is 5.56 Å². The van der Waals surface area contributed by atoms with Gasteiger partial charge in [-0.2, -0.15) is 0 Å². The lowest BCUT2D eigenvalue weighted by Gasteiger charge is -2.09. The summed E-state index contributed by atoms with van der Waals surface area (Å²) in [5, 5.41) is 2.58. The molecule has 0 aliphatic carbocycles. The highest BCUT2D eigenvalue weighted by atomic mass is 19.1. The predicted octanol–water partition coefficient (Wildman–Crippen LogP) is 2.85. The minimum atomic E-state index is -0.847. The lowest BCUT2D eigenvalue weighted by atomic mass is 10.2. The van der Waals surface area contributed by atoms with Crippen LogP contribution in [0.5, 0.6) is 11.5 Å². The standard InChI is InChI=1S/C17H17F2NO3/c1-12-2-5-14(6-3-12)22-9-8-20-17(21)11-23-16-7-4-13(18)10-15(16)19/h2-7,10H,8-9,11H2,1H3,(H,20,21). The molecule has 0 aliphatic heterocycles. The first-order valence-corrected chi connectivity index (χ1v) is 7.08. The smallest absolute Gasteiger partial charge is 0.258 e. The van der Waals surface area contributed by atoms with E-state index >= 15 is 0 Å². The van der Waals surface area contributed by atoms with E-state index in [2.05, 4.69) is 5.32 Å². The summed E-state index contributed by atoms with van der Waals surface area (Å²) < 4.78 is 36.5. The number of ether oxygens (including phenoxy) is 2. The number of benzene rings is 2. The zero-order valence-electron chi connectivity index (χ0n) is 12.6. The summed E-state index contributed by atoms with van der Waals surface area (Å²) in [6, 6.07) is 10.4. The molecule has 122 valence electrons. The third-order valence-electron chi connectivity index (χ3n) is 2.97. The van der Waals surface area contributed by atoms with Crippen molar-refractivity contribution in [2.24, 2.45) is 0 Å². The van der Waals surface area contributed by atoms with Gasteiger partial charge < -0.3 is 14.8 Å². The second kappa shape index (κ2) is 8.12. The molecule has 1 amide bonds. The Kier molecular flexibility index (Phi) is 5.91. The number of halogens is 2. The summed E-state index contributed by atoms with van der Waals surface area (Å²) in [6.45, 7) is 2.22. The molecule has 0 bridgehead atoms. The van der Waals surface area contributed by atoms with Crippen LogP contribution in [-0.4, -0.2) is 25.7 Å². The van der Waals surface area contributed by atoms with Gasteiger partial charge in [0.15, 0.2) is 18.2 Å². The van der Waals surface area contributed by atoms with E-state index in [9.17, 15) is 13.6 Å². The second-order valence-electron chi connectivity index (χ2n) is 4.87. The molecule has 0 spiro atoms. The number of amides is 1. The van der Waals surface area contributed by atoms with E-state index in [1.165, 1.54) is 0 Å². The predicted molar refractivity (Wildman–Crippen MR) is 81.5 cm³/mol. The molecule has 1 N–H and O–H groups in total. The van der Waals surface area contributed by atoms with Gasteiger partial charge in [-0.05, 0) is 31.2 Å². The maximum absolute atomic E-state index is 13.3. The molecule has 2 aromatic rings. The lowest BCUT2D eigenvalue weighted by molar-refractivity contribution is -0.123. The van der Waals surface area contributed by atoms with Crippen molar-refractivity contribution >= 4 is 5.91 Å². The Morgan fingerprint density at radius 1 is 1.09 bits per heavy atom. The lowest BCUT2D eigenvalue weighted by Crippen LogP contribution is -2.32. The van der Waals surface area contributed by atoms with Gasteiger partial charge >= 0.3 is 0 Å². The van der Waals surface area contributed by atoms with Crippen molar-refractivity contribution in [1.29, 1.82) is 0 Å². The van der Waals surface area contributed by atoms with Crippen LogP contribution in [0, 0.1) is 18.6 Å². The molecule has 0 fully saturated rings. The van der Waals surface area contributed by atoms with E-state index in [1.807, 2.05) is 31.2 Å². The average molecular weight is 321 g/mol. The molecular formula is C17H17F2NO3. The fourth-order valence-electron chi connectivity index (χ4n) is 1.78. The van der Waals surface area contributed by atoms with Gasteiger partial charge in [0.25, 0.3) is 5.91 Å². The third kappa shape index (κ3) is 5.58. The zero-order chi connectivity index (χ0) is 16.7. The molecule has 0 saturated carbocycles. The van der Waals surface area contributed by atoms with Crippen LogP contribution in [0.4, 0.5) is 8.78 Å². The van der Waals surface area contributed by atoms with Crippen LogP contribution < -0.4 is 14.8 Å². The van der Waals surface area contributed by atoms with Crippen molar-refractivity contribution in [3.8, 4) is 11.5 Å². The Bertz CT molecular complexity index is 659. The molecule has 0 atom stereocenters. The van der Waals surface area contributed by atoms with Crippen molar-refractivity contribution in [2.45, 2.75) is 6.92 Å². The van der Waals surface area contributed by atoms with Crippen LogP contribution in [-0.2, 0) is 4.79 Å². The number of nitrogens with one attached hydrogen (secondary N) is 1.